The molecule has 0 fully saturated rings. The Labute approximate surface area is 107 Å². The van der Waals surface area contributed by atoms with Crippen LogP contribution in [0.5, 0.6) is 11.5 Å². The summed E-state index contributed by atoms with van der Waals surface area (Å²) in [4.78, 5) is 0. The highest BCUT2D eigenvalue weighted by Crippen LogP contribution is 2.28. The second-order valence-corrected chi connectivity index (χ2v) is 4.81. The van der Waals surface area contributed by atoms with E-state index in [1.807, 2.05) is 24.3 Å². The zero-order valence-corrected chi connectivity index (χ0v) is 10.4. The van der Waals surface area contributed by atoms with Crippen molar-refractivity contribution in [2.75, 3.05) is 5.73 Å². The highest BCUT2D eigenvalue weighted by Gasteiger charge is 2.10. The van der Waals surface area contributed by atoms with Crippen LogP contribution in [-0.4, -0.2) is 0 Å². The summed E-state index contributed by atoms with van der Waals surface area (Å²) in [5.41, 5.74) is 9.33. The topological polar surface area (TPSA) is 35.2 Å². The summed E-state index contributed by atoms with van der Waals surface area (Å²) in [5, 5.41) is 0. The van der Waals surface area contributed by atoms with Gasteiger partial charge in [0.15, 0.2) is 0 Å². The van der Waals surface area contributed by atoms with Gasteiger partial charge in [0.25, 0.3) is 0 Å². The Morgan fingerprint density at radius 2 is 1.44 bits per heavy atom. The molecule has 2 nitrogen and oxygen atoms in total. The van der Waals surface area contributed by atoms with Crippen LogP contribution in [0, 0.1) is 0 Å². The first-order valence-corrected chi connectivity index (χ1v) is 6.46. The van der Waals surface area contributed by atoms with Crippen molar-refractivity contribution in [3.05, 3.63) is 53.6 Å². The number of hydrogen-bond acceptors (Lipinski definition) is 2. The van der Waals surface area contributed by atoms with E-state index in [1.165, 1.54) is 36.8 Å². The fraction of sp³-hybridized carbons (Fsp3) is 0.250. The van der Waals surface area contributed by atoms with Crippen molar-refractivity contribution in [3.8, 4) is 11.5 Å². The maximum Gasteiger partial charge on any atom is 0.127 e. The minimum atomic E-state index is 0.757. The number of anilines is 1. The lowest BCUT2D eigenvalue weighted by molar-refractivity contribution is 0.481. The van der Waals surface area contributed by atoms with Gasteiger partial charge in [0, 0.05) is 5.69 Å². The number of aryl methyl sites for hydroxylation is 2. The number of rotatable bonds is 2. The Kier molecular flexibility index (Phi) is 2.93. The average molecular weight is 239 g/mol. The molecule has 0 atom stereocenters. The summed E-state index contributed by atoms with van der Waals surface area (Å²) in [6, 6.07) is 13.9. The molecule has 0 aliphatic heterocycles. The van der Waals surface area contributed by atoms with E-state index in [1.54, 1.807) is 0 Å². The Morgan fingerprint density at radius 1 is 0.778 bits per heavy atom. The van der Waals surface area contributed by atoms with Crippen molar-refractivity contribution in [1.29, 1.82) is 0 Å². The number of nitrogens with two attached hydrogens (primary N) is 1. The molecule has 0 unspecified atom stereocenters. The van der Waals surface area contributed by atoms with E-state index >= 15 is 0 Å². The van der Waals surface area contributed by atoms with Crippen LogP contribution >= 0.6 is 0 Å². The third-order valence-corrected chi connectivity index (χ3v) is 3.44. The Morgan fingerprint density at radius 3 is 2.22 bits per heavy atom. The maximum atomic E-state index is 5.84. The molecule has 0 saturated heterocycles. The van der Waals surface area contributed by atoms with Gasteiger partial charge in [-0.2, -0.15) is 0 Å². The Balaban J connectivity index is 1.82. The SMILES string of the molecule is Nc1ccc(Oc2ccc3c(c2)CCCC3)cc1. The number of hydrogen-bond donors (Lipinski definition) is 1. The largest absolute Gasteiger partial charge is 0.457 e. The third kappa shape index (κ3) is 2.33. The van der Waals surface area contributed by atoms with Crippen LogP contribution in [0.4, 0.5) is 5.69 Å². The molecule has 2 aromatic carbocycles. The molecule has 2 aromatic rings. The van der Waals surface area contributed by atoms with Crippen LogP contribution in [0.15, 0.2) is 42.5 Å². The molecule has 1 aliphatic rings. The maximum absolute atomic E-state index is 5.84. The zero-order chi connectivity index (χ0) is 12.4. The van der Waals surface area contributed by atoms with Gasteiger partial charge in [0.2, 0.25) is 0 Å². The molecule has 0 spiro atoms. The minimum absolute atomic E-state index is 0.757. The van der Waals surface area contributed by atoms with Gasteiger partial charge in [0.1, 0.15) is 11.5 Å². The van der Waals surface area contributed by atoms with Gasteiger partial charge in [-0.05, 0) is 73.2 Å². The summed E-state index contributed by atoms with van der Waals surface area (Å²) >= 11 is 0. The lowest BCUT2D eigenvalue weighted by atomic mass is 9.92. The smallest absolute Gasteiger partial charge is 0.127 e. The zero-order valence-electron chi connectivity index (χ0n) is 10.4. The predicted octanol–water partition coefficient (Wildman–Crippen LogP) is 3.94. The first-order chi connectivity index (χ1) is 8.81. The summed E-state index contributed by atoms with van der Waals surface area (Å²) in [6.07, 6.45) is 4.98. The van der Waals surface area contributed by atoms with E-state index in [9.17, 15) is 0 Å². The van der Waals surface area contributed by atoms with Crippen LogP contribution in [0.25, 0.3) is 0 Å². The van der Waals surface area contributed by atoms with Crippen LogP contribution in [0.1, 0.15) is 24.0 Å². The number of nitrogen functional groups attached to an aromatic ring is 1. The molecule has 2 N–H and O–H groups in total. The summed E-state index contributed by atoms with van der Waals surface area (Å²) in [5.74, 6) is 1.75. The third-order valence-electron chi connectivity index (χ3n) is 3.44. The molecule has 1 aliphatic carbocycles. The minimum Gasteiger partial charge on any atom is -0.457 e. The van der Waals surface area contributed by atoms with Crippen molar-refractivity contribution < 1.29 is 4.74 Å². The highest BCUT2D eigenvalue weighted by atomic mass is 16.5. The second-order valence-electron chi connectivity index (χ2n) is 4.81. The number of fused-ring (bicyclic) bond motifs is 1. The van der Waals surface area contributed by atoms with Crippen LogP contribution in [-0.2, 0) is 12.8 Å². The van der Waals surface area contributed by atoms with Crippen molar-refractivity contribution in [2.24, 2.45) is 0 Å². The highest BCUT2D eigenvalue weighted by molar-refractivity contribution is 5.44. The van der Waals surface area contributed by atoms with Crippen molar-refractivity contribution in [1.82, 2.24) is 0 Å². The molecule has 18 heavy (non-hydrogen) atoms. The first-order valence-electron chi connectivity index (χ1n) is 6.46. The van der Waals surface area contributed by atoms with E-state index < -0.39 is 0 Å². The molecule has 92 valence electrons. The summed E-state index contributed by atoms with van der Waals surface area (Å²) in [7, 11) is 0. The summed E-state index contributed by atoms with van der Waals surface area (Å²) in [6.45, 7) is 0. The predicted molar refractivity (Wildman–Crippen MR) is 74.0 cm³/mol. The molecule has 0 aromatic heterocycles. The lowest BCUT2D eigenvalue weighted by Gasteiger charge is -2.16. The molecule has 2 heteroatoms. The van der Waals surface area contributed by atoms with Gasteiger partial charge >= 0.3 is 0 Å². The van der Waals surface area contributed by atoms with Gasteiger partial charge in [-0.1, -0.05) is 6.07 Å². The van der Waals surface area contributed by atoms with E-state index in [0.717, 1.165) is 17.2 Å². The second kappa shape index (κ2) is 4.73. The van der Waals surface area contributed by atoms with Crippen LogP contribution < -0.4 is 10.5 Å². The van der Waals surface area contributed by atoms with E-state index in [-0.39, 0.29) is 0 Å². The van der Waals surface area contributed by atoms with Gasteiger partial charge < -0.3 is 10.5 Å². The molecule has 0 heterocycles. The first kappa shape index (κ1) is 11.1. The quantitative estimate of drug-likeness (QED) is 0.806. The van der Waals surface area contributed by atoms with Crippen molar-refractivity contribution >= 4 is 5.69 Å². The van der Waals surface area contributed by atoms with Crippen LogP contribution in [0.2, 0.25) is 0 Å². The van der Waals surface area contributed by atoms with Gasteiger partial charge in [-0.25, -0.2) is 0 Å². The Hall–Kier alpha value is -1.96. The van der Waals surface area contributed by atoms with E-state index in [4.69, 9.17) is 10.5 Å². The molecule has 3 rings (SSSR count). The fourth-order valence-electron chi connectivity index (χ4n) is 2.45. The number of ether oxygens (including phenoxy) is 1. The number of benzene rings is 2. The van der Waals surface area contributed by atoms with Gasteiger partial charge in [-0.3, -0.25) is 0 Å². The molecular formula is C16H17NO. The lowest BCUT2D eigenvalue weighted by Crippen LogP contribution is -2.02. The van der Waals surface area contributed by atoms with E-state index in [0.29, 0.717) is 0 Å². The van der Waals surface area contributed by atoms with Crippen molar-refractivity contribution in [2.45, 2.75) is 25.7 Å². The standard InChI is InChI=1S/C16H17NO/c17-14-6-9-15(10-7-14)18-16-8-5-12-3-1-2-4-13(12)11-16/h5-11H,1-4,17H2. The normalized spacial score (nSPS) is 14.0. The molecule has 0 bridgehead atoms. The fourth-order valence-corrected chi connectivity index (χ4v) is 2.45. The average Bonchev–Trinajstić information content (AvgIpc) is 2.41. The molecule has 0 saturated carbocycles. The van der Waals surface area contributed by atoms with Crippen LogP contribution in [0.3, 0.4) is 0 Å². The van der Waals surface area contributed by atoms with Gasteiger partial charge in [-0.15, -0.1) is 0 Å². The monoisotopic (exact) mass is 239 g/mol. The van der Waals surface area contributed by atoms with Gasteiger partial charge in [0.05, 0.1) is 0 Å². The van der Waals surface area contributed by atoms with E-state index in [2.05, 4.69) is 18.2 Å². The molecule has 0 amide bonds. The Bertz CT molecular complexity index is 546. The molecular weight excluding hydrogens is 222 g/mol. The van der Waals surface area contributed by atoms with Crippen molar-refractivity contribution in [3.63, 3.8) is 0 Å². The summed E-state index contributed by atoms with van der Waals surface area (Å²) < 4.78 is 5.84. The molecule has 0 radical (unpaired) electrons.